The summed E-state index contributed by atoms with van der Waals surface area (Å²) in [5.74, 6) is -2.07. The third kappa shape index (κ3) is 2.21. The van der Waals surface area contributed by atoms with Crippen molar-refractivity contribution in [3.05, 3.63) is 62.7 Å². The fourth-order valence-corrected chi connectivity index (χ4v) is 2.56. The minimum Gasteiger partial charge on any atom is -0.478 e. The topological polar surface area (TPSA) is 74.7 Å². The van der Waals surface area contributed by atoms with Gasteiger partial charge in [-0.05, 0) is 65.1 Å². The van der Waals surface area contributed by atoms with E-state index in [1.807, 2.05) is 0 Å². The first-order valence-electron chi connectivity index (χ1n) is 6.01. The van der Waals surface area contributed by atoms with Crippen molar-refractivity contribution in [1.29, 1.82) is 0 Å². The van der Waals surface area contributed by atoms with E-state index in [1.165, 1.54) is 18.2 Å². The molecule has 0 saturated carbocycles. The van der Waals surface area contributed by atoms with Gasteiger partial charge in [0, 0.05) is 3.57 Å². The Kier molecular flexibility index (Phi) is 3.25. The van der Waals surface area contributed by atoms with Crippen molar-refractivity contribution in [2.75, 3.05) is 4.90 Å². The van der Waals surface area contributed by atoms with Gasteiger partial charge in [0.25, 0.3) is 11.8 Å². The summed E-state index contributed by atoms with van der Waals surface area (Å²) in [6.45, 7) is 0. The van der Waals surface area contributed by atoms with Gasteiger partial charge in [-0.25, -0.2) is 9.69 Å². The summed E-state index contributed by atoms with van der Waals surface area (Å²) in [7, 11) is 0. The number of carbonyl (C=O) groups excluding carboxylic acids is 2. The van der Waals surface area contributed by atoms with E-state index in [4.69, 9.17) is 5.11 Å². The summed E-state index contributed by atoms with van der Waals surface area (Å²) in [6, 6.07) is 10.9. The van der Waals surface area contributed by atoms with Crippen LogP contribution in [0.25, 0.3) is 0 Å². The van der Waals surface area contributed by atoms with Crippen molar-refractivity contribution in [2.45, 2.75) is 0 Å². The number of halogens is 1. The van der Waals surface area contributed by atoms with Crippen molar-refractivity contribution >= 4 is 46.1 Å². The number of fused-ring (bicyclic) bond motifs is 1. The Morgan fingerprint density at radius 3 is 2.19 bits per heavy atom. The second-order valence-corrected chi connectivity index (χ2v) is 5.73. The van der Waals surface area contributed by atoms with Crippen LogP contribution < -0.4 is 4.90 Å². The number of anilines is 1. The predicted molar refractivity (Wildman–Crippen MR) is 83.7 cm³/mol. The van der Waals surface area contributed by atoms with E-state index in [-0.39, 0.29) is 16.7 Å². The number of amides is 2. The number of carbonyl (C=O) groups is 3. The molecule has 21 heavy (non-hydrogen) atoms. The van der Waals surface area contributed by atoms with Crippen molar-refractivity contribution in [3.63, 3.8) is 0 Å². The number of hydrogen-bond donors (Lipinski definition) is 1. The molecule has 2 aromatic rings. The number of imide groups is 1. The van der Waals surface area contributed by atoms with Crippen molar-refractivity contribution < 1.29 is 19.5 Å². The van der Waals surface area contributed by atoms with Gasteiger partial charge in [0.1, 0.15) is 0 Å². The largest absolute Gasteiger partial charge is 0.478 e. The summed E-state index contributed by atoms with van der Waals surface area (Å²) in [5, 5.41) is 8.97. The Morgan fingerprint density at radius 2 is 1.57 bits per heavy atom. The standard InChI is InChI=1S/C15H8INO4/c16-9-2-4-10(5-3-9)17-13(18)11-6-1-8(15(20)21)7-12(11)14(17)19/h1-7H,(H,20,21). The van der Waals surface area contributed by atoms with Crippen LogP contribution in [0.1, 0.15) is 31.1 Å². The zero-order valence-corrected chi connectivity index (χ0v) is 12.7. The third-order valence-corrected chi connectivity index (χ3v) is 3.94. The Morgan fingerprint density at radius 1 is 0.952 bits per heavy atom. The number of carboxylic acid groups (broad SMARTS) is 1. The van der Waals surface area contributed by atoms with Gasteiger partial charge < -0.3 is 5.11 Å². The van der Waals surface area contributed by atoms with Crippen LogP contribution in [-0.4, -0.2) is 22.9 Å². The number of carboxylic acids is 1. The lowest BCUT2D eigenvalue weighted by atomic mass is 10.1. The van der Waals surface area contributed by atoms with Crippen LogP contribution in [0.3, 0.4) is 0 Å². The maximum atomic E-state index is 12.4. The zero-order chi connectivity index (χ0) is 15.1. The Hall–Kier alpha value is -2.22. The quantitative estimate of drug-likeness (QED) is 0.629. The number of hydrogen-bond acceptors (Lipinski definition) is 3. The first-order chi connectivity index (χ1) is 9.99. The monoisotopic (exact) mass is 393 g/mol. The highest BCUT2D eigenvalue weighted by Crippen LogP contribution is 2.29. The predicted octanol–water partition coefficient (Wildman–Crippen LogP) is 2.79. The third-order valence-electron chi connectivity index (χ3n) is 3.22. The summed E-state index contributed by atoms with van der Waals surface area (Å²) in [6.07, 6.45) is 0. The van der Waals surface area contributed by atoms with E-state index < -0.39 is 17.8 Å². The summed E-state index contributed by atoms with van der Waals surface area (Å²) < 4.78 is 0.987. The summed E-state index contributed by atoms with van der Waals surface area (Å²) >= 11 is 2.13. The molecule has 0 bridgehead atoms. The Labute approximate surface area is 133 Å². The molecular formula is C15H8INO4. The average Bonchev–Trinajstić information content (AvgIpc) is 2.72. The first kappa shape index (κ1) is 13.7. The van der Waals surface area contributed by atoms with Crippen LogP contribution >= 0.6 is 22.6 Å². The lowest BCUT2D eigenvalue weighted by Crippen LogP contribution is -2.29. The molecule has 0 radical (unpaired) electrons. The lowest BCUT2D eigenvalue weighted by molar-refractivity contribution is 0.0696. The molecule has 0 aromatic heterocycles. The molecule has 1 heterocycles. The number of aromatic carboxylic acids is 1. The van der Waals surface area contributed by atoms with E-state index in [1.54, 1.807) is 24.3 Å². The summed E-state index contributed by atoms with van der Waals surface area (Å²) in [4.78, 5) is 36.7. The fraction of sp³-hybridized carbons (Fsp3) is 0. The first-order valence-corrected chi connectivity index (χ1v) is 7.08. The molecular weight excluding hydrogens is 385 g/mol. The highest BCUT2D eigenvalue weighted by Gasteiger charge is 2.37. The van der Waals surface area contributed by atoms with Crippen LogP contribution in [0.4, 0.5) is 5.69 Å². The number of benzene rings is 2. The van der Waals surface area contributed by atoms with Gasteiger partial charge in [0.05, 0.1) is 22.4 Å². The molecule has 0 unspecified atom stereocenters. The minimum absolute atomic E-state index is 0.0145. The van der Waals surface area contributed by atoms with Gasteiger partial charge in [0.15, 0.2) is 0 Å². The molecule has 2 amide bonds. The second kappa shape index (κ2) is 4.96. The second-order valence-electron chi connectivity index (χ2n) is 4.49. The molecule has 104 valence electrons. The van der Waals surface area contributed by atoms with Crippen LogP contribution in [0.15, 0.2) is 42.5 Å². The molecule has 0 fully saturated rings. The molecule has 0 spiro atoms. The summed E-state index contributed by atoms with van der Waals surface area (Å²) in [5.41, 5.74) is 0.805. The molecule has 2 aromatic carbocycles. The zero-order valence-electron chi connectivity index (χ0n) is 10.5. The Balaban J connectivity index is 2.08. The molecule has 0 atom stereocenters. The van der Waals surface area contributed by atoms with Crippen LogP contribution in [0, 0.1) is 3.57 Å². The van der Waals surface area contributed by atoms with E-state index >= 15 is 0 Å². The molecule has 0 saturated heterocycles. The number of rotatable bonds is 2. The van der Waals surface area contributed by atoms with Crippen molar-refractivity contribution in [1.82, 2.24) is 0 Å². The van der Waals surface area contributed by atoms with Gasteiger partial charge in [0.2, 0.25) is 0 Å². The van der Waals surface area contributed by atoms with Crippen LogP contribution in [0.2, 0.25) is 0 Å². The van der Waals surface area contributed by atoms with Gasteiger partial charge in [-0.3, -0.25) is 9.59 Å². The van der Waals surface area contributed by atoms with Gasteiger partial charge in [-0.1, -0.05) is 0 Å². The van der Waals surface area contributed by atoms with E-state index in [2.05, 4.69) is 22.6 Å². The van der Waals surface area contributed by atoms with Crippen molar-refractivity contribution in [3.8, 4) is 0 Å². The average molecular weight is 393 g/mol. The van der Waals surface area contributed by atoms with Gasteiger partial charge >= 0.3 is 5.97 Å². The minimum atomic E-state index is -1.13. The highest BCUT2D eigenvalue weighted by atomic mass is 127. The lowest BCUT2D eigenvalue weighted by Gasteiger charge is -2.13. The molecule has 1 N–H and O–H groups in total. The molecule has 5 nitrogen and oxygen atoms in total. The molecule has 0 aliphatic carbocycles. The maximum absolute atomic E-state index is 12.4. The Bertz CT molecular complexity index is 783. The molecule has 1 aliphatic rings. The molecule has 3 rings (SSSR count). The van der Waals surface area contributed by atoms with Crippen LogP contribution in [-0.2, 0) is 0 Å². The van der Waals surface area contributed by atoms with E-state index in [9.17, 15) is 14.4 Å². The fourth-order valence-electron chi connectivity index (χ4n) is 2.20. The smallest absolute Gasteiger partial charge is 0.335 e. The van der Waals surface area contributed by atoms with Gasteiger partial charge in [-0.2, -0.15) is 0 Å². The van der Waals surface area contributed by atoms with E-state index in [0.717, 1.165) is 8.47 Å². The van der Waals surface area contributed by atoms with E-state index in [0.29, 0.717) is 5.69 Å². The van der Waals surface area contributed by atoms with Gasteiger partial charge in [-0.15, -0.1) is 0 Å². The maximum Gasteiger partial charge on any atom is 0.335 e. The molecule has 6 heteroatoms. The normalized spacial score (nSPS) is 13.5. The van der Waals surface area contributed by atoms with Crippen molar-refractivity contribution in [2.24, 2.45) is 0 Å². The highest BCUT2D eigenvalue weighted by molar-refractivity contribution is 14.1. The number of nitrogens with zero attached hydrogens (tertiary/aromatic N) is 1. The van der Waals surface area contributed by atoms with Crippen LogP contribution in [0.5, 0.6) is 0 Å². The molecule has 1 aliphatic heterocycles. The SMILES string of the molecule is O=C(O)c1ccc2c(c1)C(=O)N(c1ccc(I)cc1)C2=O.